The summed E-state index contributed by atoms with van der Waals surface area (Å²) in [6, 6.07) is 0. The van der Waals surface area contributed by atoms with E-state index in [9.17, 15) is 38.2 Å². The van der Waals surface area contributed by atoms with Gasteiger partial charge in [0, 0.05) is 51.0 Å². The molecule has 1 rings (SSSR count). The maximum atomic E-state index is 12.8. The number of esters is 2. The Kier molecular flexibility index (Phi) is 51.5. The third-order valence-electron chi connectivity index (χ3n) is 12.2. The van der Waals surface area contributed by atoms with E-state index in [4.69, 9.17) is 28.0 Å². The summed E-state index contributed by atoms with van der Waals surface area (Å²) >= 11 is 0. The zero-order valence-corrected chi connectivity index (χ0v) is 47.9. The van der Waals surface area contributed by atoms with Crippen molar-refractivity contribution >= 4 is 43.6 Å². The number of amides is 4. The summed E-state index contributed by atoms with van der Waals surface area (Å²) in [4.78, 5) is 86.0. The first-order valence-electron chi connectivity index (χ1n) is 27.7. The molecule has 0 spiro atoms. The smallest absolute Gasteiger partial charge is 0.756 e. The molecule has 17 nitrogen and oxygen atoms in total. The number of alkyl carbamates (subject to hydrolysis) is 1. The van der Waals surface area contributed by atoms with Crippen molar-refractivity contribution in [3.63, 3.8) is 0 Å². The summed E-state index contributed by atoms with van der Waals surface area (Å²) < 4.78 is 43.7. The number of ether oxygens (including phenoxy) is 4. The first-order valence-corrected chi connectivity index (χ1v) is 29.2. The Labute approximate surface area is 463 Å². The van der Waals surface area contributed by atoms with E-state index >= 15 is 0 Å². The minimum absolute atomic E-state index is 0. The SMILES string of the molecule is C.CCCCCCCCCCCCCCCCCC(=O)OC[C@H](COP(=O)([O-])OCCNC(=O)OCCOCCNC(=O)CCN1C(=O)C=CC1=O)OC(=O)CCCCCCCCCCCCCCCCC.[Na+]. The van der Waals surface area contributed by atoms with Crippen LogP contribution in [0.5, 0.6) is 0 Å². The number of carbonyl (C=O) groups excluding carboxylic acids is 6. The summed E-state index contributed by atoms with van der Waals surface area (Å²) in [6.07, 6.45) is 36.7. The van der Waals surface area contributed by atoms with E-state index in [2.05, 4.69) is 24.5 Å². The molecule has 4 amide bonds. The van der Waals surface area contributed by atoms with Crippen LogP contribution in [0.15, 0.2) is 12.2 Å². The zero-order valence-electron chi connectivity index (χ0n) is 45.0. The van der Waals surface area contributed by atoms with Crippen molar-refractivity contribution in [2.45, 2.75) is 239 Å². The molecule has 2 atom stereocenters. The van der Waals surface area contributed by atoms with Crippen LogP contribution in [0.3, 0.4) is 0 Å². The number of hydrogen-bond acceptors (Lipinski definition) is 14. The first kappa shape index (κ1) is 72.7. The molecule has 0 aromatic rings. The van der Waals surface area contributed by atoms with Crippen molar-refractivity contribution < 1.29 is 95.8 Å². The summed E-state index contributed by atoms with van der Waals surface area (Å²) in [7, 11) is -4.92. The van der Waals surface area contributed by atoms with Crippen LogP contribution in [-0.2, 0) is 56.5 Å². The average molecular weight is 1070 g/mol. The Morgan fingerprint density at radius 1 is 0.534 bits per heavy atom. The molecule has 0 bridgehead atoms. The number of unbranched alkanes of at least 4 members (excludes halogenated alkanes) is 28. The van der Waals surface area contributed by atoms with Crippen LogP contribution in [-0.4, -0.2) is 106 Å². The summed E-state index contributed by atoms with van der Waals surface area (Å²) in [5.74, 6) is -2.27. The molecule has 0 radical (unpaired) electrons. The largest absolute Gasteiger partial charge is 1.00 e. The van der Waals surface area contributed by atoms with Gasteiger partial charge in [-0.15, -0.1) is 0 Å². The molecule has 73 heavy (non-hydrogen) atoms. The van der Waals surface area contributed by atoms with Gasteiger partial charge in [-0.1, -0.05) is 201 Å². The van der Waals surface area contributed by atoms with Crippen molar-refractivity contribution in [3.8, 4) is 0 Å². The number of imide groups is 1. The van der Waals surface area contributed by atoms with E-state index in [1.807, 2.05) is 0 Å². The van der Waals surface area contributed by atoms with Crippen molar-refractivity contribution in [1.29, 1.82) is 0 Å². The van der Waals surface area contributed by atoms with Gasteiger partial charge in [-0.25, -0.2) is 4.79 Å². The van der Waals surface area contributed by atoms with Gasteiger partial charge < -0.3 is 43.5 Å². The summed E-state index contributed by atoms with van der Waals surface area (Å²) in [5.41, 5.74) is 0. The minimum Gasteiger partial charge on any atom is -0.756 e. The Morgan fingerprint density at radius 2 is 0.959 bits per heavy atom. The van der Waals surface area contributed by atoms with Crippen molar-refractivity contribution in [2.75, 3.05) is 59.3 Å². The Balaban J connectivity index is 0. The van der Waals surface area contributed by atoms with Gasteiger partial charge in [-0.05, 0) is 12.8 Å². The predicted molar refractivity (Wildman–Crippen MR) is 280 cm³/mol. The van der Waals surface area contributed by atoms with Crippen LogP contribution >= 0.6 is 7.82 Å². The fourth-order valence-corrected chi connectivity index (χ4v) is 8.72. The third kappa shape index (κ3) is 46.6. The van der Waals surface area contributed by atoms with E-state index in [1.54, 1.807) is 0 Å². The molecule has 1 unspecified atom stereocenters. The molecule has 0 aromatic heterocycles. The van der Waals surface area contributed by atoms with Crippen LogP contribution in [0, 0.1) is 0 Å². The number of hydrogen-bond donors (Lipinski definition) is 2. The number of carbonyl (C=O) groups is 6. The number of phosphoric ester groups is 1. The van der Waals surface area contributed by atoms with Crippen LogP contribution in [0.4, 0.5) is 4.79 Å². The van der Waals surface area contributed by atoms with Gasteiger partial charge in [0.05, 0.1) is 26.4 Å². The summed E-state index contributed by atoms with van der Waals surface area (Å²) in [5, 5.41) is 4.94. The van der Waals surface area contributed by atoms with Gasteiger partial charge in [0.25, 0.3) is 19.6 Å². The number of nitrogens with zero attached hydrogens (tertiary/aromatic N) is 1. The molecule has 0 aromatic carbocycles. The molecule has 0 fully saturated rings. The van der Waals surface area contributed by atoms with E-state index in [0.717, 1.165) is 55.6 Å². The van der Waals surface area contributed by atoms with Gasteiger partial charge in [0.15, 0.2) is 6.10 Å². The maximum absolute atomic E-state index is 12.8. The molecule has 1 aliphatic rings. The molecule has 420 valence electrons. The van der Waals surface area contributed by atoms with E-state index in [0.29, 0.717) is 12.8 Å². The minimum atomic E-state index is -4.92. The quantitative estimate of drug-likeness (QED) is 0.0146. The van der Waals surface area contributed by atoms with Gasteiger partial charge in [-0.2, -0.15) is 0 Å². The van der Waals surface area contributed by atoms with E-state index in [-0.39, 0.29) is 108 Å². The number of nitrogens with one attached hydrogen (secondary N) is 2. The summed E-state index contributed by atoms with van der Waals surface area (Å²) in [6.45, 7) is 2.95. The normalized spacial score (nSPS) is 13.2. The van der Waals surface area contributed by atoms with Crippen LogP contribution < -0.4 is 45.1 Å². The van der Waals surface area contributed by atoms with Gasteiger partial charge >= 0.3 is 47.6 Å². The standard InChI is InChI=1S/C53H96N3O14P.CH4.Na/c1-3-5-7-9-11-13-15-17-19-21-23-25-27-29-31-33-51(60)67-45-47(70-52(61)34-32-30-28-26-24-22-20-18-16-14-12-10-8-6-4-2)46-69-71(63,64)68-42-39-55-53(62)66-44-43-65-41-38-54-48(57)37-40-56-49(58)35-36-50(56)59;;/h35-36,47H,3-34,37-46H2,1-2H3,(H,54,57)(H,55,62)(H,63,64);1H4;/q;;+1/p-1/t47-;;/m1../s1. The molecule has 1 heterocycles. The Hall–Kier alpha value is -2.37. The van der Waals surface area contributed by atoms with Crippen molar-refractivity contribution in [1.82, 2.24) is 15.5 Å². The molecule has 19 heteroatoms. The van der Waals surface area contributed by atoms with Gasteiger partial charge in [0.2, 0.25) is 5.91 Å². The van der Waals surface area contributed by atoms with Gasteiger partial charge in [0.1, 0.15) is 13.2 Å². The van der Waals surface area contributed by atoms with Gasteiger partial charge in [-0.3, -0.25) is 33.4 Å². The molecule has 1 aliphatic heterocycles. The zero-order chi connectivity index (χ0) is 51.9. The molecular weight excluding hydrogens is 969 g/mol. The second-order valence-electron chi connectivity index (χ2n) is 18.7. The third-order valence-corrected chi connectivity index (χ3v) is 13.2. The van der Waals surface area contributed by atoms with E-state index < -0.39 is 57.0 Å². The number of rotatable bonds is 51. The van der Waals surface area contributed by atoms with Crippen molar-refractivity contribution in [3.05, 3.63) is 12.2 Å². The second kappa shape index (κ2) is 51.7. The topological polar surface area (TPSA) is 225 Å². The monoisotopic (exact) mass is 1070 g/mol. The van der Waals surface area contributed by atoms with Crippen molar-refractivity contribution in [2.24, 2.45) is 0 Å². The fraction of sp³-hybridized carbons (Fsp3) is 0.852. The Bertz CT molecular complexity index is 1470. The first-order chi connectivity index (χ1) is 34.5. The molecule has 0 aliphatic carbocycles. The molecule has 2 N–H and O–H groups in total. The van der Waals surface area contributed by atoms with E-state index in [1.165, 1.54) is 141 Å². The fourth-order valence-electron chi connectivity index (χ4n) is 7.98. The molecule has 0 saturated carbocycles. The van der Waals surface area contributed by atoms with Crippen LogP contribution in [0.2, 0.25) is 0 Å². The Morgan fingerprint density at radius 3 is 1.42 bits per heavy atom. The number of phosphoric acid groups is 1. The predicted octanol–water partition coefficient (Wildman–Crippen LogP) is 8.28. The second-order valence-corrected chi connectivity index (χ2v) is 20.1. The van der Waals surface area contributed by atoms with Crippen LogP contribution in [0.1, 0.15) is 233 Å². The molecule has 0 saturated heterocycles. The van der Waals surface area contributed by atoms with Crippen LogP contribution in [0.25, 0.3) is 0 Å². The maximum Gasteiger partial charge on any atom is 1.00 e. The molecular formula is C54H99N3NaO14P. The average Bonchev–Trinajstić information content (AvgIpc) is 3.67.